The van der Waals surface area contributed by atoms with Crippen molar-refractivity contribution in [3.63, 3.8) is 0 Å². The monoisotopic (exact) mass is 214 g/mol. The molecular formula is C11H22N2O2. The highest BCUT2D eigenvalue weighted by atomic mass is 16.5. The van der Waals surface area contributed by atoms with Crippen LogP contribution in [0.4, 0.5) is 4.79 Å². The van der Waals surface area contributed by atoms with Crippen molar-refractivity contribution in [2.45, 2.75) is 20.8 Å². The molecule has 0 unspecified atom stereocenters. The molecule has 0 aromatic heterocycles. The van der Waals surface area contributed by atoms with E-state index >= 15 is 0 Å². The van der Waals surface area contributed by atoms with Gasteiger partial charge < -0.3 is 14.5 Å². The second-order valence-electron chi connectivity index (χ2n) is 5.30. The van der Waals surface area contributed by atoms with Crippen LogP contribution in [-0.2, 0) is 4.74 Å². The maximum atomic E-state index is 12.0. The molecule has 0 saturated carbocycles. The molecule has 1 rings (SSSR count). The van der Waals surface area contributed by atoms with E-state index in [0.29, 0.717) is 26.3 Å². The number of amides is 2. The normalized spacial score (nSPS) is 17.7. The van der Waals surface area contributed by atoms with Crippen LogP contribution in [-0.4, -0.2) is 55.7 Å². The zero-order chi connectivity index (χ0) is 11.5. The summed E-state index contributed by atoms with van der Waals surface area (Å²) < 4.78 is 5.22. The fraction of sp³-hybridized carbons (Fsp3) is 0.909. The first-order chi connectivity index (χ1) is 6.90. The van der Waals surface area contributed by atoms with Crippen LogP contribution in [0.25, 0.3) is 0 Å². The summed E-state index contributed by atoms with van der Waals surface area (Å²) >= 11 is 0. The van der Waals surface area contributed by atoms with Gasteiger partial charge in [0.05, 0.1) is 13.2 Å². The van der Waals surface area contributed by atoms with Crippen molar-refractivity contribution >= 4 is 6.03 Å². The lowest BCUT2D eigenvalue weighted by atomic mass is 9.96. The van der Waals surface area contributed by atoms with Crippen molar-refractivity contribution in [3.8, 4) is 0 Å². The van der Waals surface area contributed by atoms with Crippen LogP contribution in [0, 0.1) is 5.41 Å². The molecule has 0 aromatic rings. The zero-order valence-corrected chi connectivity index (χ0v) is 10.2. The topological polar surface area (TPSA) is 32.8 Å². The fourth-order valence-corrected chi connectivity index (χ4v) is 1.78. The third-order valence-corrected chi connectivity index (χ3v) is 2.32. The molecule has 1 aliphatic heterocycles. The molecule has 1 fully saturated rings. The Morgan fingerprint density at radius 3 is 2.33 bits per heavy atom. The lowest BCUT2D eigenvalue weighted by Crippen LogP contribution is -2.48. The average molecular weight is 214 g/mol. The highest BCUT2D eigenvalue weighted by molar-refractivity contribution is 5.74. The molecule has 4 nitrogen and oxygen atoms in total. The summed E-state index contributed by atoms with van der Waals surface area (Å²) in [5, 5.41) is 0. The van der Waals surface area contributed by atoms with Crippen molar-refractivity contribution in [2.75, 3.05) is 39.9 Å². The molecule has 1 heterocycles. The average Bonchev–Trinajstić information content (AvgIpc) is 2.15. The Balaban J connectivity index is 2.44. The molecule has 1 saturated heterocycles. The van der Waals surface area contributed by atoms with E-state index in [0.717, 1.165) is 6.54 Å². The van der Waals surface area contributed by atoms with Crippen molar-refractivity contribution in [2.24, 2.45) is 5.41 Å². The summed E-state index contributed by atoms with van der Waals surface area (Å²) in [6, 6.07) is 0.119. The third kappa shape index (κ3) is 4.08. The molecule has 0 aromatic carbocycles. The second kappa shape index (κ2) is 4.84. The number of hydrogen-bond donors (Lipinski definition) is 0. The molecule has 0 atom stereocenters. The Morgan fingerprint density at radius 1 is 1.33 bits per heavy atom. The van der Waals surface area contributed by atoms with Gasteiger partial charge in [0.1, 0.15) is 0 Å². The summed E-state index contributed by atoms with van der Waals surface area (Å²) in [5.41, 5.74) is 0.150. The minimum Gasteiger partial charge on any atom is -0.378 e. The lowest BCUT2D eigenvalue weighted by molar-refractivity contribution is 0.0430. The van der Waals surface area contributed by atoms with E-state index < -0.39 is 0 Å². The van der Waals surface area contributed by atoms with Crippen LogP contribution in [0.2, 0.25) is 0 Å². The molecule has 15 heavy (non-hydrogen) atoms. The standard InChI is InChI=1S/C11H22N2O2/c1-11(2,3)9-12(4)10(14)13-5-7-15-8-6-13/h5-9H2,1-4H3. The summed E-state index contributed by atoms with van der Waals surface area (Å²) in [6.45, 7) is 9.94. The van der Waals surface area contributed by atoms with E-state index in [1.165, 1.54) is 0 Å². The molecule has 4 heteroatoms. The van der Waals surface area contributed by atoms with Gasteiger partial charge in [-0.25, -0.2) is 4.79 Å². The van der Waals surface area contributed by atoms with Crippen molar-refractivity contribution in [1.82, 2.24) is 9.80 Å². The molecule has 0 N–H and O–H groups in total. The number of carbonyl (C=O) groups excluding carboxylic acids is 1. The van der Waals surface area contributed by atoms with Gasteiger partial charge in [0.25, 0.3) is 0 Å². The highest BCUT2D eigenvalue weighted by Crippen LogP contribution is 2.15. The fourth-order valence-electron chi connectivity index (χ4n) is 1.78. The van der Waals surface area contributed by atoms with E-state index in [1.54, 1.807) is 4.90 Å². The van der Waals surface area contributed by atoms with Crippen LogP contribution < -0.4 is 0 Å². The van der Waals surface area contributed by atoms with Crippen LogP contribution in [0.1, 0.15) is 20.8 Å². The van der Waals surface area contributed by atoms with Gasteiger partial charge in [0.2, 0.25) is 0 Å². The first kappa shape index (κ1) is 12.3. The number of ether oxygens (including phenoxy) is 1. The molecule has 88 valence electrons. The quantitative estimate of drug-likeness (QED) is 0.661. The van der Waals surface area contributed by atoms with E-state index in [4.69, 9.17) is 4.74 Å². The van der Waals surface area contributed by atoms with E-state index in [2.05, 4.69) is 20.8 Å². The molecular weight excluding hydrogens is 192 g/mol. The molecule has 1 aliphatic rings. The maximum absolute atomic E-state index is 12.0. The van der Waals surface area contributed by atoms with Gasteiger partial charge in [0.15, 0.2) is 0 Å². The number of urea groups is 1. The van der Waals surface area contributed by atoms with Gasteiger partial charge >= 0.3 is 6.03 Å². The van der Waals surface area contributed by atoms with Gasteiger partial charge in [0, 0.05) is 26.7 Å². The lowest BCUT2D eigenvalue weighted by Gasteiger charge is -2.33. The maximum Gasteiger partial charge on any atom is 0.319 e. The van der Waals surface area contributed by atoms with Gasteiger partial charge in [-0.1, -0.05) is 20.8 Å². The van der Waals surface area contributed by atoms with E-state index in [-0.39, 0.29) is 11.4 Å². The number of hydrogen-bond acceptors (Lipinski definition) is 2. The summed E-state index contributed by atoms with van der Waals surface area (Å²) in [6.07, 6.45) is 0. The van der Waals surface area contributed by atoms with Crippen molar-refractivity contribution in [1.29, 1.82) is 0 Å². The van der Waals surface area contributed by atoms with E-state index in [1.807, 2.05) is 11.9 Å². The molecule has 2 amide bonds. The number of carbonyl (C=O) groups is 1. The van der Waals surface area contributed by atoms with Crippen molar-refractivity contribution < 1.29 is 9.53 Å². The SMILES string of the molecule is CN(CC(C)(C)C)C(=O)N1CCOCC1. The minimum atomic E-state index is 0.119. The summed E-state index contributed by atoms with van der Waals surface area (Å²) in [4.78, 5) is 15.6. The van der Waals surface area contributed by atoms with Gasteiger partial charge in [-0.15, -0.1) is 0 Å². The smallest absolute Gasteiger partial charge is 0.319 e. The van der Waals surface area contributed by atoms with Crippen molar-refractivity contribution in [3.05, 3.63) is 0 Å². The first-order valence-corrected chi connectivity index (χ1v) is 5.48. The van der Waals surface area contributed by atoms with Crippen LogP contribution in [0.3, 0.4) is 0 Å². The van der Waals surface area contributed by atoms with Crippen LogP contribution >= 0.6 is 0 Å². The van der Waals surface area contributed by atoms with Gasteiger partial charge in [-0.3, -0.25) is 0 Å². The number of nitrogens with zero attached hydrogens (tertiary/aromatic N) is 2. The second-order valence-corrected chi connectivity index (χ2v) is 5.30. The highest BCUT2D eigenvalue weighted by Gasteiger charge is 2.23. The van der Waals surface area contributed by atoms with Gasteiger partial charge in [-0.05, 0) is 5.41 Å². The largest absolute Gasteiger partial charge is 0.378 e. The molecule has 0 radical (unpaired) electrons. The first-order valence-electron chi connectivity index (χ1n) is 5.48. The zero-order valence-electron chi connectivity index (χ0n) is 10.2. The Kier molecular flexibility index (Phi) is 3.97. The number of morpholine rings is 1. The molecule has 0 aliphatic carbocycles. The summed E-state index contributed by atoms with van der Waals surface area (Å²) in [5.74, 6) is 0. The van der Waals surface area contributed by atoms with Crippen LogP contribution in [0.15, 0.2) is 0 Å². The predicted molar refractivity (Wildman–Crippen MR) is 59.9 cm³/mol. The van der Waals surface area contributed by atoms with Gasteiger partial charge in [-0.2, -0.15) is 0 Å². The minimum absolute atomic E-state index is 0.119. The third-order valence-electron chi connectivity index (χ3n) is 2.32. The Hall–Kier alpha value is -0.770. The van der Waals surface area contributed by atoms with E-state index in [9.17, 15) is 4.79 Å². The molecule has 0 spiro atoms. The molecule has 0 bridgehead atoms. The Labute approximate surface area is 92.2 Å². The summed E-state index contributed by atoms with van der Waals surface area (Å²) in [7, 11) is 1.86. The number of rotatable bonds is 1. The predicted octanol–water partition coefficient (Wildman–Crippen LogP) is 1.42. The Bertz CT molecular complexity index is 217. The van der Waals surface area contributed by atoms with Crippen LogP contribution in [0.5, 0.6) is 0 Å². The Morgan fingerprint density at radius 2 is 1.87 bits per heavy atom.